The quantitative estimate of drug-likeness (QED) is 0.705. The van der Waals surface area contributed by atoms with Crippen molar-refractivity contribution in [3.05, 3.63) is 12.2 Å². The van der Waals surface area contributed by atoms with Crippen molar-refractivity contribution in [2.75, 3.05) is 13.1 Å². The van der Waals surface area contributed by atoms with E-state index in [4.69, 9.17) is 0 Å². The van der Waals surface area contributed by atoms with E-state index in [0.29, 0.717) is 5.92 Å². The van der Waals surface area contributed by atoms with Crippen LogP contribution in [0.3, 0.4) is 0 Å². The standard InChI is InChI=1S/C8H14N4/c1-2-3-12-8(10-6-11-12)7-4-9-5-7/h6-7,9H,2-5H2,1H3. The Balaban J connectivity index is 2.12. The molecule has 66 valence electrons. The summed E-state index contributed by atoms with van der Waals surface area (Å²) in [6.45, 7) is 5.27. The van der Waals surface area contributed by atoms with E-state index in [0.717, 1.165) is 31.9 Å². The van der Waals surface area contributed by atoms with Gasteiger partial charge >= 0.3 is 0 Å². The highest BCUT2D eigenvalue weighted by Gasteiger charge is 2.23. The van der Waals surface area contributed by atoms with E-state index in [1.165, 1.54) is 0 Å². The normalized spacial score (nSPS) is 17.8. The van der Waals surface area contributed by atoms with Gasteiger partial charge in [-0.15, -0.1) is 0 Å². The molecule has 1 aromatic heterocycles. The molecule has 0 spiro atoms. The fourth-order valence-corrected chi connectivity index (χ4v) is 1.44. The lowest BCUT2D eigenvalue weighted by atomic mass is 10.0. The maximum Gasteiger partial charge on any atom is 0.138 e. The fourth-order valence-electron chi connectivity index (χ4n) is 1.44. The second kappa shape index (κ2) is 3.23. The topological polar surface area (TPSA) is 42.7 Å². The molecular formula is C8H14N4. The SMILES string of the molecule is CCCn1ncnc1C1CNC1. The summed E-state index contributed by atoms with van der Waals surface area (Å²) >= 11 is 0. The molecule has 0 bridgehead atoms. The van der Waals surface area contributed by atoms with Gasteiger partial charge in [0.2, 0.25) is 0 Å². The summed E-state index contributed by atoms with van der Waals surface area (Å²) in [7, 11) is 0. The average Bonchev–Trinajstić information content (AvgIpc) is 2.35. The maximum atomic E-state index is 4.27. The Morgan fingerprint density at radius 2 is 2.50 bits per heavy atom. The summed E-state index contributed by atoms with van der Waals surface area (Å²) in [6.07, 6.45) is 2.78. The monoisotopic (exact) mass is 166 g/mol. The smallest absolute Gasteiger partial charge is 0.138 e. The first-order valence-electron chi connectivity index (χ1n) is 4.50. The zero-order chi connectivity index (χ0) is 8.39. The van der Waals surface area contributed by atoms with Crippen LogP contribution in [0.25, 0.3) is 0 Å². The minimum absolute atomic E-state index is 0.596. The van der Waals surface area contributed by atoms with Crippen molar-refractivity contribution >= 4 is 0 Å². The minimum Gasteiger partial charge on any atom is -0.315 e. The summed E-state index contributed by atoms with van der Waals surface area (Å²) in [5.41, 5.74) is 0. The highest BCUT2D eigenvalue weighted by Crippen LogP contribution is 2.16. The number of nitrogens with one attached hydrogen (secondary N) is 1. The van der Waals surface area contributed by atoms with Gasteiger partial charge in [-0.1, -0.05) is 6.92 Å². The van der Waals surface area contributed by atoms with E-state index < -0.39 is 0 Å². The van der Waals surface area contributed by atoms with Crippen LogP contribution in [0, 0.1) is 0 Å². The van der Waals surface area contributed by atoms with E-state index >= 15 is 0 Å². The lowest BCUT2D eigenvalue weighted by molar-refractivity contribution is 0.404. The van der Waals surface area contributed by atoms with Gasteiger partial charge in [0.05, 0.1) is 0 Å². The molecule has 1 aromatic rings. The van der Waals surface area contributed by atoms with Gasteiger partial charge in [0, 0.05) is 25.6 Å². The zero-order valence-corrected chi connectivity index (χ0v) is 7.32. The van der Waals surface area contributed by atoms with Crippen LogP contribution in [0.1, 0.15) is 25.1 Å². The number of hydrogen-bond donors (Lipinski definition) is 1. The Morgan fingerprint density at radius 1 is 1.67 bits per heavy atom. The first-order chi connectivity index (χ1) is 5.92. The van der Waals surface area contributed by atoms with Crippen LogP contribution in [-0.4, -0.2) is 27.9 Å². The van der Waals surface area contributed by atoms with Crippen molar-refractivity contribution in [2.24, 2.45) is 0 Å². The lowest BCUT2D eigenvalue weighted by Gasteiger charge is -2.26. The molecule has 2 rings (SSSR count). The Labute approximate surface area is 72.0 Å². The van der Waals surface area contributed by atoms with Gasteiger partial charge < -0.3 is 5.32 Å². The van der Waals surface area contributed by atoms with Gasteiger partial charge in [0.25, 0.3) is 0 Å². The Morgan fingerprint density at radius 3 is 3.08 bits per heavy atom. The van der Waals surface area contributed by atoms with Crippen LogP contribution < -0.4 is 5.32 Å². The molecule has 1 fully saturated rings. The summed E-state index contributed by atoms with van der Waals surface area (Å²) in [5, 5.41) is 7.42. The molecule has 0 aliphatic carbocycles. The van der Waals surface area contributed by atoms with Gasteiger partial charge in [-0.05, 0) is 6.42 Å². The number of rotatable bonds is 3. The summed E-state index contributed by atoms with van der Waals surface area (Å²) in [5.74, 6) is 1.75. The molecule has 0 radical (unpaired) electrons. The second-order valence-electron chi connectivity index (χ2n) is 3.20. The first-order valence-corrected chi connectivity index (χ1v) is 4.50. The minimum atomic E-state index is 0.596. The Hall–Kier alpha value is -0.900. The zero-order valence-electron chi connectivity index (χ0n) is 7.32. The van der Waals surface area contributed by atoms with Crippen LogP contribution >= 0.6 is 0 Å². The highest BCUT2D eigenvalue weighted by molar-refractivity contribution is 5.02. The van der Waals surface area contributed by atoms with Crippen molar-refractivity contribution in [3.8, 4) is 0 Å². The molecule has 0 atom stereocenters. The summed E-state index contributed by atoms with van der Waals surface area (Å²) in [4.78, 5) is 4.27. The van der Waals surface area contributed by atoms with E-state index in [9.17, 15) is 0 Å². The van der Waals surface area contributed by atoms with Crippen LogP contribution in [0.5, 0.6) is 0 Å². The Bertz CT molecular complexity index is 251. The summed E-state index contributed by atoms with van der Waals surface area (Å²) < 4.78 is 2.02. The van der Waals surface area contributed by atoms with Gasteiger partial charge in [0.1, 0.15) is 12.2 Å². The van der Waals surface area contributed by atoms with Crippen LogP contribution in [0.4, 0.5) is 0 Å². The van der Waals surface area contributed by atoms with Crippen molar-refractivity contribution in [2.45, 2.75) is 25.8 Å². The molecule has 12 heavy (non-hydrogen) atoms. The lowest BCUT2D eigenvalue weighted by Crippen LogP contribution is -2.41. The number of aryl methyl sites for hydroxylation is 1. The molecule has 0 unspecified atom stereocenters. The molecule has 4 heteroatoms. The van der Waals surface area contributed by atoms with Gasteiger partial charge in [-0.2, -0.15) is 5.10 Å². The van der Waals surface area contributed by atoms with Crippen LogP contribution in [0.2, 0.25) is 0 Å². The van der Waals surface area contributed by atoms with Gasteiger partial charge in [-0.25, -0.2) is 9.67 Å². The van der Waals surface area contributed by atoms with E-state index in [1.54, 1.807) is 6.33 Å². The first kappa shape index (κ1) is 7.73. The second-order valence-corrected chi connectivity index (χ2v) is 3.20. The number of hydrogen-bond acceptors (Lipinski definition) is 3. The van der Waals surface area contributed by atoms with Crippen molar-refractivity contribution in [3.63, 3.8) is 0 Å². The summed E-state index contributed by atoms with van der Waals surface area (Å²) in [6, 6.07) is 0. The molecular weight excluding hydrogens is 152 g/mol. The fraction of sp³-hybridized carbons (Fsp3) is 0.750. The number of aromatic nitrogens is 3. The van der Waals surface area contributed by atoms with E-state index in [1.807, 2.05) is 4.68 Å². The van der Waals surface area contributed by atoms with E-state index in [-0.39, 0.29) is 0 Å². The van der Waals surface area contributed by atoms with Gasteiger partial charge in [0.15, 0.2) is 0 Å². The maximum absolute atomic E-state index is 4.27. The largest absolute Gasteiger partial charge is 0.315 e. The molecule has 1 aliphatic heterocycles. The number of nitrogens with zero attached hydrogens (tertiary/aromatic N) is 3. The molecule has 4 nitrogen and oxygen atoms in total. The average molecular weight is 166 g/mol. The molecule has 1 N–H and O–H groups in total. The van der Waals surface area contributed by atoms with E-state index in [2.05, 4.69) is 22.3 Å². The van der Waals surface area contributed by atoms with Crippen LogP contribution in [0.15, 0.2) is 6.33 Å². The van der Waals surface area contributed by atoms with Crippen molar-refractivity contribution < 1.29 is 0 Å². The molecule has 1 aliphatic rings. The highest BCUT2D eigenvalue weighted by atomic mass is 15.3. The molecule has 0 saturated carbocycles. The third-order valence-corrected chi connectivity index (χ3v) is 2.23. The van der Waals surface area contributed by atoms with Gasteiger partial charge in [-0.3, -0.25) is 0 Å². The molecule has 0 aromatic carbocycles. The van der Waals surface area contributed by atoms with Crippen LogP contribution in [-0.2, 0) is 6.54 Å². The predicted molar refractivity (Wildman–Crippen MR) is 45.9 cm³/mol. The molecule has 2 heterocycles. The Kier molecular flexibility index (Phi) is 2.08. The molecule has 1 saturated heterocycles. The molecule has 0 amide bonds. The van der Waals surface area contributed by atoms with Crippen molar-refractivity contribution in [1.29, 1.82) is 0 Å². The third-order valence-electron chi connectivity index (χ3n) is 2.23. The van der Waals surface area contributed by atoms with Crippen molar-refractivity contribution in [1.82, 2.24) is 20.1 Å². The third kappa shape index (κ3) is 1.22. The predicted octanol–water partition coefficient (Wildman–Crippen LogP) is 0.375.